The summed E-state index contributed by atoms with van der Waals surface area (Å²) < 4.78 is 5.29. The van der Waals surface area contributed by atoms with E-state index in [4.69, 9.17) is 4.74 Å². The Labute approximate surface area is 177 Å². The Kier molecular flexibility index (Phi) is 8.58. The van der Waals surface area contributed by atoms with Gasteiger partial charge in [-0.25, -0.2) is 0 Å². The first kappa shape index (κ1) is 22.8. The summed E-state index contributed by atoms with van der Waals surface area (Å²) in [7, 11) is 1.61. The van der Waals surface area contributed by atoms with Gasteiger partial charge in [0.1, 0.15) is 11.8 Å². The molecule has 2 rings (SSSR count). The highest BCUT2D eigenvalue weighted by atomic mass is 32.2. The summed E-state index contributed by atoms with van der Waals surface area (Å²) >= 11 is 1.48. The van der Waals surface area contributed by atoms with Gasteiger partial charge in [0.15, 0.2) is 0 Å². The van der Waals surface area contributed by atoms with Gasteiger partial charge in [0.2, 0.25) is 11.8 Å². The normalized spacial score (nSPS) is 11.8. The second-order valence-corrected chi connectivity index (χ2v) is 8.36. The summed E-state index contributed by atoms with van der Waals surface area (Å²) in [5.74, 6) is 0.761. The maximum Gasteiger partial charge on any atom is 0.242 e. The third-order valence-corrected chi connectivity index (χ3v) is 5.47. The number of nitrogens with one attached hydrogen (secondary N) is 1. The Morgan fingerprint density at radius 1 is 1.10 bits per heavy atom. The standard InChI is InChI=1S/C23H30N2O3S/c1-16(2)24-23(27)18(4)25(14-19-7-6-8-20(13-19)28-5)22(26)15-29-21-11-9-17(3)10-12-21/h6-13,16,18H,14-15H2,1-5H3,(H,24,27)/t18-/m0/s1. The van der Waals surface area contributed by atoms with Crippen LogP contribution in [0.4, 0.5) is 0 Å². The molecule has 0 aliphatic carbocycles. The van der Waals surface area contributed by atoms with Crippen molar-refractivity contribution in [1.82, 2.24) is 10.2 Å². The summed E-state index contributed by atoms with van der Waals surface area (Å²) in [5, 5.41) is 2.90. The number of aryl methyl sites for hydroxylation is 1. The lowest BCUT2D eigenvalue weighted by Gasteiger charge is -2.29. The Hall–Kier alpha value is -2.47. The molecule has 1 N–H and O–H groups in total. The van der Waals surface area contributed by atoms with E-state index >= 15 is 0 Å². The van der Waals surface area contributed by atoms with Gasteiger partial charge in [-0.1, -0.05) is 29.8 Å². The van der Waals surface area contributed by atoms with Gasteiger partial charge in [-0.3, -0.25) is 9.59 Å². The van der Waals surface area contributed by atoms with E-state index < -0.39 is 6.04 Å². The molecule has 0 spiro atoms. The fraction of sp³-hybridized carbons (Fsp3) is 0.391. The molecule has 0 saturated carbocycles. The second kappa shape index (κ2) is 10.9. The van der Waals surface area contributed by atoms with Crippen LogP contribution in [0.15, 0.2) is 53.4 Å². The molecule has 0 heterocycles. The monoisotopic (exact) mass is 414 g/mol. The minimum Gasteiger partial charge on any atom is -0.497 e. The Morgan fingerprint density at radius 3 is 2.41 bits per heavy atom. The van der Waals surface area contributed by atoms with Crippen molar-refractivity contribution in [3.63, 3.8) is 0 Å². The quantitative estimate of drug-likeness (QED) is 0.629. The molecule has 0 aromatic heterocycles. The van der Waals surface area contributed by atoms with E-state index in [0.717, 1.165) is 16.2 Å². The SMILES string of the molecule is COc1cccc(CN(C(=O)CSc2ccc(C)cc2)[C@@H](C)C(=O)NC(C)C)c1. The number of ether oxygens (including phenoxy) is 1. The molecule has 5 nitrogen and oxygen atoms in total. The van der Waals surface area contributed by atoms with Crippen LogP contribution < -0.4 is 10.1 Å². The molecule has 2 aromatic rings. The summed E-state index contributed by atoms with van der Waals surface area (Å²) in [6, 6.07) is 15.1. The zero-order chi connectivity index (χ0) is 21.4. The molecule has 29 heavy (non-hydrogen) atoms. The zero-order valence-corrected chi connectivity index (χ0v) is 18.6. The topological polar surface area (TPSA) is 58.6 Å². The number of nitrogens with zero attached hydrogens (tertiary/aromatic N) is 1. The van der Waals surface area contributed by atoms with E-state index in [0.29, 0.717) is 6.54 Å². The van der Waals surface area contributed by atoms with Crippen molar-refractivity contribution in [3.8, 4) is 5.75 Å². The molecule has 156 valence electrons. The summed E-state index contributed by atoms with van der Waals surface area (Å²) in [5.41, 5.74) is 2.10. The van der Waals surface area contributed by atoms with Crippen molar-refractivity contribution in [3.05, 3.63) is 59.7 Å². The highest BCUT2D eigenvalue weighted by Gasteiger charge is 2.26. The minimum atomic E-state index is -0.574. The van der Waals surface area contributed by atoms with Crippen LogP contribution in [-0.4, -0.2) is 41.7 Å². The lowest BCUT2D eigenvalue weighted by molar-refractivity contribution is -0.138. The van der Waals surface area contributed by atoms with E-state index in [2.05, 4.69) is 5.32 Å². The smallest absolute Gasteiger partial charge is 0.242 e. The molecule has 6 heteroatoms. The van der Waals surface area contributed by atoms with Crippen LogP contribution in [0.2, 0.25) is 0 Å². The lowest BCUT2D eigenvalue weighted by Crippen LogP contribution is -2.49. The third kappa shape index (κ3) is 7.13. The molecule has 0 aliphatic rings. The number of rotatable bonds is 9. The van der Waals surface area contributed by atoms with Crippen LogP contribution in [0.1, 0.15) is 31.9 Å². The molecule has 0 fully saturated rings. The highest BCUT2D eigenvalue weighted by Crippen LogP contribution is 2.21. The lowest BCUT2D eigenvalue weighted by atomic mass is 10.1. The molecule has 0 unspecified atom stereocenters. The van der Waals surface area contributed by atoms with Gasteiger partial charge in [0.05, 0.1) is 12.9 Å². The average molecular weight is 415 g/mol. The number of carbonyl (C=O) groups excluding carboxylic acids is 2. The molecule has 0 aliphatic heterocycles. The number of hydrogen-bond acceptors (Lipinski definition) is 4. The number of carbonyl (C=O) groups is 2. The largest absolute Gasteiger partial charge is 0.497 e. The predicted molar refractivity (Wildman–Crippen MR) is 118 cm³/mol. The Bertz CT molecular complexity index is 821. The first-order valence-electron chi connectivity index (χ1n) is 9.72. The molecule has 0 saturated heterocycles. The van der Waals surface area contributed by atoms with Crippen molar-refractivity contribution < 1.29 is 14.3 Å². The predicted octanol–water partition coefficient (Wildman–Crippen LogP) is 4.04. The fourth-order valence-corrected chi connectivity index (χ4v) is 3.60. The van der Waals surface area contributed by atoms with Gasteiger partial charge in [-0.05, 0) is 57.5 Å². The fourth-order valence-electron chi connectivity index (χ4n) is 2.82. The van der Waals surface area contributed by atoms with Crippen LogP contribution >= 0.6 is 11.8 Å². The van der Waals surface area contributed by atoms with Crippen LogP contribution in [-0.2, 0) is 16.1 Å². The average Bonchev–Trinajstić information content (AvgIpc) is 2.70. The summed E-state index contributed by atoms with van der Waals surface area (Å²) in [4.78, 5) is 28.3. The van der Waals surface area contributed by atoms with Crippen molar-refractivity contribution in [1.29, 1.82) is 0 Å². The molecule has 2 aromatic carbocycles. The zero-order valence-electron chi connectivity index (χ0n) is 17.8. The molecule has 0 radical (unpaired) electrons. The molecule has 2 amide bonds. The number of benzene rings is 2. The van der Waals surface area contributed by atoms with Crippen LogP contribution in [0.3, 0.4) is 0 Å². The van der Waals surface area contributed by atoms with Crippen molar-refractivity contribution in [2.24, 2.45) is 0 Å². The van der Waals surface area contributed by atoms with Crippen molar-refractivity contribution in [2.45, 2.75) is 51.2 Å². The number of methoxy groups -OCH3 is 1. The van der Waals surface area contributed by atoms with Crippen molar-refractivity contribution in [2.75, 3.05) is 12.9 Å². The van der Waals surface area contributed by atoms with Gasteiger partial charge < -0.3 is 15.0 Å². The molecular formula is C23H30N2O3S. The van der Waals surface area contributed by atoms with Crippen LogP contribution in [0.25, 0.3) is 0 Å². The minimum absolute atomic E-state index is 0.0145. The van der Waals surface area contributed by atoms with E-state index in [1.165, 1.54) is 17.3 Å². The maximum absolute atomic E-state index is 13.1. The van der Waals surface area contributed by atoms with Crippen LogP contribution in [0.5, 0.6) is 5.75 Å². The number of amides is 2. The highest BCUT2D eigenvalue weighted by molar-refractivity contribution is 8.00. The van der Waals surface area contributed by atoms with Crippen LogP contribution in [0, 0.1) is 6.92 Å². The van der Waals surface area contributed by atoms with E-state index in [9.17, 15) is 9.59 Å². The Balaban J connectivity index is 2.16. The first-order valence-corrected chi connectivity index (χ1v) is 10.7. The maximum atomic E-state index is 13.1. The molecule has 0 bridgehead atoms. The Morgan fingerprint density at radius 2 is 1.79 bits per heavy atom. The van der Waals surface area contributed by atoms with Gasteiger partial charge in [0, 0.05) is 17.5 Å². The third-order valence-electron chi connectivity index (χ3n) is 4.47. The van der Waals surface area contributed by atoms with Gasteiger partial charge in [-0.15, -0.1) is 11.8 Å². The van der Waals surface area contributed by atoms with Crippen molar-refractivity contribution >= 4 is 23.6 Å². The first-order chi connectivity index (χ1) is 13.8. The van der Waals surface area contributed by atoms with E-state index in [1.807, 2.05) is 69.3 Å². The van der Waals surface area contributed by atoms with Gasteiger partial charge in [0.25, 0.3) is 0 Å². The summed E-state index contributed by atoms with van der Waals surface area (Å²) in [6.45, 7) is 7.96. The molecule has 1 atom stereocenters. The van der Waals surface area contributed by atoms with E-state index in [1.54, 1.807) is 18.9 Å². The van der Waals surface area contributed by atoms with E-state index in [-0.39, 0.29) is 23.6 Å². The number of thioether (sulfide) groups is 1. The molecular weight excluding hydrogens is 384 g/mol. The van der Waals surface area contributed by atoms with Gasteiger partial charge in [-0.2, -0.15) is 0 Å². The number of hydrogen-bond donors (Lipinski definition) is 1. The second-order valence-electron chi connectivity index (χ2n) is 7.31. The van der Waals surface area contributed by atoms with Gasteiger partial charge >= 0.3 is 0 Å². The summed E-state index contributed by atoms with van der Waals surface area (Å²) in [6.07, 6.45) is 0.